The number of rotatable bonds is 0. The van der Waals surface area contributed by atoms with Gasteiger partial charge in [0.15, 0.2) is 0 Å². The number of fused-ring (bicyclic) bond motifs is 5. The maximum absolute atomic E-state index is 6.10. The molecule has 0 radical (unpaired) electrons. The number of para-hydroxylation sites is 1. The zero-order chi connectivity index (χ0) is 12.1. The van der Waals surface area contributed by atoms with Crippen LogP contribution in [0.3, 0.4) is 0 Å². The van der Waals surface area contributed by atoms with Gasteiger partial charge in [-0.25, -0.2) is 0 Å². The van der Waals surface area contributed by atoms with Crippen molar-refractivity contribution in [3.05, 3.63) is 47.0 Å². The van der Waals surface area contributed by atoms with E-state index in [2.05, 4.69) is 23.5 Å². The SMILES string of the molecule is ClC1=Cc2c(ccc3c2oc2ccccc23)NC1. The molecule has 0 saturated heterocycles. The van der Waals surface area contributed by atoms with Crippen LogP contribution in [-0.4, -0.2) is 6.54 Å². The Kier molecular flexibility index (Phi) is 1.97. The molecule has 0 atom stereocenters. The third kappa shape index (κ3) is 1.30. The number of hydrogen-bond acceptors (Lipinski definition) is 2. The lowest BCUT2D eigenvalue weighted by atomic mass is 10.0. The minimum absolute atomic E-state index is 0.681. The first-order valence-electron chi connectivity index (χ1n) is 5.87. The standard InChI is InChI=1S/C15H10ClNO/c16-9-7-12-13(17-8-9)6-5-11-10-3-1-2-4-14(10)18-15(11)12/h1-7,17H,8H2. The fourth-order valence-electron chi connectivity index (χ4n) is 2.49. The summed E-state index contributed by atoms with van der Waals surface area (Å²) in [6, 6.07) is 12.3. The van der Waals surface area contributed by atoms with E-state index in [-0.39, 0.29) is 0 Å². The molecule has 3 heteroatoms. The molecule has 18 heavy (non-hydrogen) atoms. The quantitative estimate of drug-likeness (QED) is 0.635. The molecule has 2 aromatic carbocycles. The monoisotopic (exact) mass is 255 g/mol. The van der Waals surface area contributed by atoms with Crippen LogP contribution in [-0.2, 0) is 0 Å². The van der Waals surface area contributed by atoms with E-state index in [0.717, 1.165) is 38.2 Å². The van der Waals surface area contributed by atoms with Gasteiger partial charge < -0.3 is 9.73 Å². The molecule has 2 nitrogen and oxygen atoms in total. The summed E-state index contributed by atoms with van der Waals surface area (Å²) < 4.78 is 5.96. The van der Waals surface area contributed by atoms with E-state index in [1.54, 1.807) is 0 Å². The second kappa shape index (κ2) is 3.53. The summed E-state index contributed by atoms with van der Waals surface area (Å²) in [7, 11) is 0. The summed E-state index contributed by atoms with van der Waals surface area (Å²) in [6.07, 6.45) is 1.98. The van der Waals surface area contributed by atoms with Gasteiger partial charge in [-0.05, 0) is 24.3 Å². The Hall–Kier alpha value is -1.93. The van der Waals surface area contributed by atoms with E-state index in [1.807, 2.05) is 24.3 Å². The number of nitrogens with one attached hydrogen (secondary N) is 1. The molecule has 1 aliphatic rings. The minimum Gasteiger partial charge on any atom is -0.455 e. The van der Waals surface area contributed by atoms with Crippen LogP contribution >= 0.6 is 11.6 Å². The van der Waals surface area contributed by atoms with E-state index < -0.39 is 0 Å². The molecule has 1 aromatic heterocycles. The van der Waals surface area contributed by atoms with Gasteiger partial charge in [-0.2, -0.15) is 0 Å². The molecule has 88 valence electrons. The van der Waals surface area contributed by atoms with Gasteiger partial charge in [0.1, 0.15) is 11.2 Å². The van der Waals surface area contributed by atoms with E-state index in [0.29, 0.717) is 6.54 Å². The average molecular weight is 256 g/mol. The Morgan fingerprint density at radius 1 is 1.06 bits per heavy atom. The van der Waals surface area contributed by atoms with Gasteiger partial charge in [-0.3, -0.25) is 0 Å². The number of halogens is 1. The Labute approximate surface area is 109 Å². The third-order valence-corrected chi connectivity index (χ3v) is 3.58. The number of furan rings is 1. The van der Waals surface area contributed by atoms with Crippen molar-refractivity contribution in [1.82, 2.24) is 0 Å². The second-order valence-electron chi connectivity index (χ2n) is 4.45. The molecule has 0 amide bonds. The Morgan fingerprint density at radius 3 is 2.89 bits per heavy atom. The van der Waals surface area contributed by atoms with Gasteiger partial charge in [-0.15, -0.1) is 0 Å². The van der Waals surface area contributed by atoms with Crippen LogP contribution in [0.15, 0.2) is 45.8 Å². The molecule has 0 spiro atoms. The normalized spacial score (nSPS) is 14.4. The minimum atomic E-state index is 0.681. The first-order valence-corrected chi connectivity index (χ1v) is 6.25. The van der Waals surface area contributed by atoms with E-state index in [1.165, 1.54) is 0 Å². The number of anilines is 1. The van der Waals surface area contributed by atoms with Gasteiger partial charge in [0.2, 0.25) is 0 Å². The number of hydrogen-bond donors (Lipinski definition) is 1. The summed E-state index contributed by atoms with van der Waals surface area (Å²) >= 11 is 6.10. The predicted octanol–water partition coefficient (Wildman–Crippen LogP) is 4.59. The van der Waals surface area contributed by atoms with E-state index >= 15 is 0 Å². The summed E-state index contributed by atoms with van der Waals surface area (Å²) in [5.41, 5.74) is 3.93. The maximum Gasteiger partial charge on any atom is 0.144 e. The molecule has 0 fully saturated rings. The maximum atomic E-state index is 6.10. The largest absolute Gasteiger partial charge is 0.455 e. The Bertz CT molecular complexity index is 801. The number of benzene rings is 2. The smallest absolute Gasteiger partial charge is 0.144 e. The predicted molar refractivity (Wildman–Crippen MR) is 76.0 cm³/mol. The average Bonchev–Trinajstić information content (AvgIpc) is 2.78. The van der Waals surface area contributed by atoms with Crippen molar-refractivity contribution in [2.75, 3.05) is 11.9 Å². The summed E-state index contributed by atoms with van der Waals surface area (Å²) in [4.78, 5) is 0. The van der Waals surface area contributed by atoms with E-state index in [9.17, 15) is 0 Å². The molecule has 1 N–H and O–H groups in total. The highest BCUT2D eigenvalue weighted by Crippen LogP contribution is 2.37. The molecule has 1 aliphatic heterocycles. The van der Waals surface area contributed by atoms with Crippen LogP contribution in [0.4, 0.5) is 5.69 Å². The van der Waals surface area contributed by atoms with Crippen molar-refractivity contribution in [3.8, 4) is 0 Å². The zero-order valence-corrected chi connectivity index (χ0v) is 10.3. The summed E-state index contributed by atoms with van der Waals surface area (Å²) in [6.45, 7) is 0.681. The molecular weight excluding hydrogens is 246 g/mol. The van der Waals surface area contributed by atoms with Crippen molar-refractivity contribution >= 4 is 45.3 Å². The Balaban J connectivity index is 2.18. The van der Waals surface area contributed by atoms with Crippen molar-refractivity contribution in [1.29, 1.82) is 0 Å². The van der Waals surface area contributed by atoms with Crippen molar-refractivity contribution in [3.63, 3.8) is 0 Å². The van der Waals surface area contributed by atoms with Crippen molar-refractivity contribution < 1.29 is 4.42 Å². The van der Waals surface area contributed by atoms with Crippen LogP contribution in [0.2, 0.25) is 0 Å². The Morgan fingerprint density at radius 2 is 1.94 bits per heavy atom. The van der Waals surface area contributed by atoms with Gasteiger partial charge in [0.25, 0.3) is 0 Å². The van der Waals surface area contributed by atoms with Crippen LogP contribution in [0.1, 0.15) is 5.56 Å². The second-order valence-corrected chi connectivity index (χ2v) is 4.93. The fraction of sp³-hybridized carbons (Fsp3) is 0.0667. The van der Waals surface area contributed by atoms with Crippen molar-refractivity contribution in [2.45, 2.75) is 0 Å². The van der Waals surface area contributed by atoms with Gasteiger partial charge in [0, 0.05) is 27.1 Å². The van der Waals surface area contributed by atoms with Crippen LogP contribution in [0.25, 0.3) is 28.0 Å². The van der Waals surface area contributed by atoms with Crippen molar-refractivity contribution in [2.24, 2.45) is 0 Å². The van der Waals surface area contributed by atoms with Crippen LogP contribution in [0, 0.1) is 0 Å². The lowest BCUT2D eigenvalue weighted by Gasteiger charge is -2.15. The molecular formula is C15H10ClNO. The highest BCUT2D eigenvalue weighted by atomic mass is 35.5. The summed E-state index contributed by atoms with van der Waals surface area (Å²) in [5.74, 6) is 0. The third-order valence-electron chi connectivity index (χ3n) is 3.33. The highest BCUT2D eigenvalue weighted by Gasteiger charge is 2.16. The van der Waals surface area contributed by atoms with Crippen LogP contribution in [0.5, 0.6) is 0 Å². The van der Waals surface area contributed by atoms with E-state index in [4.69, 9.17) is 16.0 Å². The van der Waals surface area contributed by atoms with Gasteiger partial charge in [-0.1, -0.05) is 29.8 Å². The molecule has 0 saturated carbocycles. The molecule has 2 heterocycles. The zero-order valence-electron chi connectivity index (χ0n) is 9.53. The highest BCUT2D eigenvalue weighted by molar-refractivity contribution is 6.32. The molecule has 0 unspecified atom stereocenters. The fourth-order valence-corrected chi connectivity index (χ4v) is 2.67. The lowest BCUT2D eigenvalue weighted by Crippen LogP contribution is -2.07. The van der Waals surface area contributed by atoms with Gasteiger partial charge >= 0.3 is 0 Å². The lowest BCUT2D eigenvalue weighted by molar-refractivity contribution is 0.668. The molecule has 0 bridgehead atoms. The molecule has 4 rings (SSSR count). The molecule has 0 aliphatic carbocycles. The first-order chi connectivity index (χ1) is 8.83. The molecule has 3 aromatic rings. The summed E-state index contributed by atoms with van der Waals surface area (Å²) in [5, 5.41) is 6.37. The van der Waals surface area contributed by atoms with Gasteiger partial charge in [0.05, 0.1) is 6.54 Å². The van der Waals surface area contributed by atoms with Crippen LogP contribution < -0.4 is 5.32 Å². The topological polar surface area (TPSA) is 25.2 Å². The first kappa shape index (κ1) is 10.0.